The average molecular weight is 369 g/mol. The minimum absolute atomic E-state index is 0.318. The fourth-order valence-corrected chi connectivity index (χ4v) is 2.38. The number of hydrogen-bond donors (Lipinski definition) is 2. The third-order valence-electron chi connectivity index (χ3n) is 3.53. The molecule has 0 bridgehead atoms. The van der Waals surface area contributed by atoms with Crippen LogP contribution in [0.1, 0.15) is 23.0 Å². The molecule has 0 aliphatic heterocycles. The molecule has 0 atom stereocenters. The molecule has 3 rings (SSSR count). The number of nitrogens with one attached hydrogen (secondary N) is 2. The molecule has 0 saturated carbocycles. The molecule has 132 valence electrons. The second-order valence-corrected chi connectivity index (χ2v) is 5.81. The summed E-state index contributed by atoms with van der Waals surface area (Å²) in [5.74, 6) is 0.417. The summed E-state index contributed by atoms with van der Waals surface area (Å²) in [5, 5.41) is 11.4. The fraction of sp³-hybridized carbons (Fsp3) is 0.105. The van der Waals surface area contributed by atoms with E-state index in [9.17, 15) is 4.79 Å². The van der Waals surface area contributed by atoms with Crippen LogP contribution in [-0.4, -0.2) is 28.9 Å². The van der Waals surface area contributed by atoms with Gasteiger partial charge in [0.15, 0.2) is 0 Å². The number of aromatic nitrogens is 2. The molecule has 1 heterocycles. The maximum atomic E-state index is 12.1. The van der Waals surface area contributed by atoms with Gasteiger partial charge in [0, 0.05) is 10.6 Å². The monoisotopic (exact) mass is 368 g/mol. The number of hydrogen-bond acceptors (Lipinski definition) is 4. The minimum atomic E-state index is -0.375. The van der Waals surface area contributed by atoms with Crippen molar-refractivity contribution in [1.29, 1.82) is 0 Å². The highest BCUT2D eigenvalue weighted by atomic mass is 35.5. The normalized spacial score (nSPS) is 10.8. The maximum Gasteiger partial charge on any atom is 0.289 e. The van der Waals surface area contributed by atoms with Crippen LogP contribution >= 0.6 is 11.6 Å². The topological polar surface area (TPSA) is 79.4 Å². The Morgan fingerprint density at radius 1 is 1.23 bits per heavy atom. The maximum absolute atomic E-state index is 12.1. The predicted molar refractivity (Wildman–Crippen MR) is 102 cm³/mol. The van der Waals surface area contributed by atoms with Crippen LogP contribution in [0.5, 0.6) is 5.75 Å². The lowest BCUT2D eigenvalue weighted by Gasteiger charge is -2.02. The Morgan fingerprint density at radius 3 is 2.65 bits per heavy atom. The highest BCUT2D eigenvalue weighted by molar-refractivity contribution is 6.30. The number of H-pyrrole nitrogens is 1. The first-order valence-electron chi connectivity index (χ1n) is 8.03. The number of carbonyl (C=O) groups excluding carboxylic acids is 1. The zero-order chi connectivity index (χ0) is 18.4. The lowest BCUT2D eigenvalue weighted by molar-refractivity contribution is 0.0950. The van der Waals surface area contributed by atoms with Gasteiger partial charge in [-0.3, -0.25) is 9.89 Å². The molecule has 2 aromatic carbocycles. The standard InChI is InChI=1S/C19H17ClN4O2/c1-2-26-16-9-3-13(4-10-16)12-21-24-19(25)18-11-17(22-23-18)14-5-7-15(20)8-6-14/h3-12H,2H2,1H3,(H,22,23)(H,24,25)/b21-12-. The molecule has 0 spiro atoms. The molecule has 6 nitrogen and oxygen atoms in total. The van der Waals surface area contributed by atoms with E-state index in [-0.39, 0.29) is 5.91 Å². The summed E-state index contributed by atoms with van der Waals surface area (Å²) in [6.07, 6.45) is 1.56. The van der Waals surface area contributed by atoms with Crippen LogP contribution in [0.15, 0.2) is 59.7 Å². The van der Waals surface area contributed by atoms with Crippen molar-refractivity contribution in [2.45, 2.75) is 6.92 Å². The Labute approximate surface area is 155 Å². The third-order valence-corrected chi connectivity index (χ3v) is 3.79. The van der Waals surface area contributed by atoms with Gasteiger partial charge in [-0.1, -0.05) is 23.7 Å². The molecule has 0 fully saturated rings. The summed E-state index contributed by atoms with van der Waals surface area (Å²) < 4.78 is 5.37. The molecule has 3 aromatic rings. The molecule has 0 unspecified atom stereocenters. The number of amides is 1. The van der Waals surface area contributed by atoms with Crippen molar-refractivity contribution in [2.24, 2.45) is 5.10 Å². The van der Waals surface area contributed by atoms with E-state index in [0.717, 1.165) is 16.9 Å². The highest BCUT2D eigenvalue weighted by Gasteiger charge is 2.10. The Kier molecular flexibility index (Phi) is 5.66. The molecule has 0 saturated heterocycles. The Morgan fingerprint density at radius 2 is 1.96 bits per heavy atom. The van der Waals surface area contributed by atoms with E-state index >= 15 is 0 Å². The average Bonchev–Trinajstić information content (AvgIpc) is 3.14. The van der Waals surface area contributed by atoms with Crippen LogP contribution in [0.3, 0.4) is 0 Å². The Hall–Kier alpha value is -3.12. The second kappa shape index (κ2) is 8.31. The summed E-state index contributed by atoms with van der Waals surface area (Å²) in [6.45, 7) is 2.55. The lowest BCUT2D eigenvalue weighted by atomic mass is 10.1. The van der Waals surface area contributed by atoms with Crippen LogP contribution in [-0.2, 0) is 0 Å². The summed E-state index contributed by atoms with van der Waals surface area (Å²) in [7, 11) is 0. The van der Waals surface area contributed by atoms with E-state index in [1.807, 2.05) is 43.3 Å². The van der Waals surface area contributed by atoms with Gasteiger partial charge in [-0.2, -0.15) is 10.2 Å². The van der Waals surface area contributed by atoms with Crippen LogP contribution < -0.4 is 10.2 Å². The Bertz CT molecular complexity index is 902. The van der Waals surface area contributed by atoms with Gasteiger partial charge in [0.1, 0.15) is 11.4 Å². The third kappa shape index (κ3) is 4.49. The van der Waals surface area contributed by atoms with Gasteiger partial charge >= 0.3 is 0 Å². The summed E-state index contributed by atoms with van der Waals surface area (Å²) in [6, 6.07) is 16.3. The SMILES string of the molecule is CCOc1ccc(/C=N\NC(=O)c2cc(-c3ccc(Cl)cc3)n[nH]2)cc1. The number of nitrogens with zero attached hydrogens (tertiary/aromatic N) is 2. The van der Waals surface area contributed by atoms with Crippen molar-refractivity contribution in [2.75, 3.05) is 6.61 Å². The van der Waals surface area contributed by atoms with E-state index in [4.69, 9.17) is 16.3 Å². The largest absolute Gasteiger partial charge is 0.494 e. The van der Waals surface area contributed by atoms with Crippen molar-refractivity contribution >= 4 is 23.7 Å². The Balaban J connectivity index is 1.60. The molecule has 0 radical (unpaired) electrons. The van der Waals surface area contributed by atoms with Gasteiger partial charge in [-0.15, -0.1) is 0 Å². The van der Waals surface area contributed by atoms with Crippen molar-refractivity contribution < 1.29 is 9.53 Å². The number of rotatable bonds is 6. The quantitative estimate of drug-likeness (QED) is 0.511. The van der Waals surface area contributed by atoms with E-state index in [1.165, 1.54) is 0 Å². The number of carbonyl (C=O) groups is 1. The molecular weight excluding hydrogens is 352 g/mol. The van der Waals surface area contributed by atoms with E-state index < -0.39 is 0 Å². The molecule has 1 aromatic heterocycles. The predicted octanol–water partition coefficient (Wildman–Crippen LogP) is 3.89. The fourth-order valence-electron chi connectivity index (χ4n) is 2.25. The molecule has 26 heavy (non-hydrogen) atoms. The van der Waals surface area contributed by atoms with Crippen molar-refractivity contribution in [3.63, 3.8) is 0 Å². The summed E-state index contributed by atoms with van der Waals surface area (Å²) in [4.78, 5) is 12.1. The number of hydrazone groups is 1. The highest BCUT2D eigenvalue weighted by Crippen LogP contribution is 2.20. The lowest BCUT2D eigenvalue weighted by Crippen LogP contribution is -2.17. The first kappa shape index (κ1) is 17.7. The van der Waals surface area contributed by atoms with Gasteiger partial charge in [-0.05, 0) is 55.0 Å². The number of halogens is 1. The first-order chi connectivity index (χ1) is 12.7. The van der Waals surface area contributed by atoms with Crippen molar-refractivity contribution in [3.8, 4) is 17.0 Å². The molecule has 0 aliphatic carbocycles. The van der Waals surface area contributed by atoms with Crippen molar-refractivity contribution in [1.82, 2.24) is 15.6 Å². The van der Waals surface area contributed by atoms with Crippen LogP contribution in [0.2, 0.25) is 5.02 Å². The first-order valence-corrected chi connectivity index (χ1v) is 8.41. The van der Waals surface area contributed by atoms with Gasteiger partial charge in [0.2, 0.25) is 0 Å². The minimum Gasteiger partial charge on any atom is -0.494 e. The van der Waals surface area contributed by atoms with E-state index in [2.05, 4.69) is 20.7 Å². The zero-order valence-corrected chi connectivity index (χ0v) is 14.8. The zero-order valence-electron chi connectivity index (χ0n) is 14.1. The van der Waals surface area contributed by atoms with E-state index in [1.54, 1.807) is 24.4 Å². The number of ether oxygens (including phenoxy) is 1. The molecule has 2 N–H and O–H groups in total. The van der Waals surface area contributed by atoms with Gasteiger partial charge in [-0.25, -0.2) is 5.43 Å². The van der Waals surface area contributed by atoms with Crippen molar-refractivity contribution in [3.05, 3.63) is 70.9 Å². The molecule has 0 aliphatic rings. The smallest absolute Gasteiger partial charge is 0.289 e. The summed E-state index contributed by atoms with van der Waals surface area (Å²) in [5.41, 5.74) is 5.15. The summed E-state index contributed by atoms with van der Waals surface area (Å²) >= 11 is 5.87. The van der Waals surface area contributed by atoms with Crippen LogP contribution in [0, 0.1) is 0 Å². The van der Waals surface area contributed by atoms with Crippen LogP contribution in [0.4, 0.5) is 0 Å². The van der Waals surface area contributed by atoms with Gasteiger partial charge < -0.3 is 4.74 Å². The molecular formula is C19H17ClN4O2. The van der Waals surface area contributed by atoms with Gasteiger partial charge in [0.05, 0.1) is 18.5 Å². The van der Waals surface area contributed by atoms with E-state index in [0.29, 0.717) is 23.0 Å². The second-order valence-electron chi connectivity index (χ2n) is 5.37. The molecule has 7 heteroatoms. The number of benzene rings is 2. The number of aromatic amines is 1. The molecule has 1 amide bonds. The van der Waals surface area contributed by atoms with Gasteiger partial charge in [0.25, 0.3) is 5.91 Å². The van der Waals surface area contributed by atoms with Crippen LogP contribution in [0.25, 0.3) is 11.3 Å².